The van der Waals surface area contributed by atoms with Crippen LogP contribution in [0.4, 0.5) is 11.4 Å². The fourth-order valence-electron chi connectivity index (χ4n) is 3.50. The van der Waals surface area contributed by atoms with Crippen LogP contribution in [0, 0.1) is 0 Å². The van der Waals surface area contributed by atoms with E-state index in [0.717, 1.165) is 38.9 Å². The number of rotatable bonds is 5. The summed E-state index contributed by atoms with van der Waals surface area (Å²) in [5.74, 6) is -0.188. The van der Waals surface area contributed by atoms with E-state index in [0.29, 0.717) is 12.1 Å². The summed E-state index contributed by atoms with van der Waals surface area (Å²) in [6, 6.07) is 11.3. The van der Waals surface area contributed by atoms with Crippen LogP contribution >= 0.6 is 22.7 Å². The number of thiophene rings is 1. The smallest absolute Gasteiger partial charge is 0.261 e. The van der Waals surface area contributed by atoms with Crippen LogP contribution in [0.25, 0.3) is 9.88 Å². The van der Waals surface area contributed by atoms with Crippen molar-refractivity contribution in [2.45, 2.75) is 12.8 Å². The van der Waals surface area contributed by atoms with Gasteiger partial charge in [0.05, 0.1) is 28.8 Å². The average Bonchev–Trinajstić information content (AvgIpc) is 3.54. The van der Waals surface area contributed by atoms with Gasteiger partial charge in [-0.15, -0.1) is 22.7 Å². The van der Waals surface area contributed by atoms with E-state index < -0.39 is 0 Å². The Morgan fingerprint density at radius 1 is 1.20 bits per heavy atom. The van der Waals surface area contributed by atoms with Crippen molar-refractivity contribution in [3.63, 3.8) is 0 Å². The molecule has 0 saturated carbocycles. The summed E-state index contributed by atoms with van der Waals surface area (Å²) in [5, 5.41) is 7.83. The third-order valence-corrected chi connectivity index (χ3v) is 6.83. The van der Waals surface area contributed by atoms with Crippen molar-refractivity contribution in [3.05, 3.63) is 76.5 Å². The van der Waals surface area contributed by atoms with Gasteiger partial charge in [-0.3, -0.25) is 9.59 Å². The lowest BCUT2D eigenvalue weighted by atomic mass is 10.1. The molecule has 30 heavy (non-hydrogen) atoms. The minimum atomic E-state index is -0.109. The number of aromatic nitrogens is 1. The summed E-state index contributed by atoms with van der Waals surface area (Å²) in [6.07, 6.45) is 3.93. The van der Waals surface area contributed by atoms with Crippen molar-refractivity contribution in [2.75, 3.05) is 16.8 Å². The number of nitrogens with zero attached hydrogens (tertiary/aromatic N) is 2. The third kappa shape index (κ3) is 3.67. The fraction of sp³-hybridized carbons (Fsp3) is 0.136. The molecule has 5 rings (SSSR count). The van der Waals surface area contributed by atoms with E-state index >= 15 is 0 Å². The first kappa shape index (κ1) is 18.8. The summed E-state index contributed by atoms with van der Waals surface area (Å²) in [4.78, 5) is 32.5. The number of fused-ring (bicyclic) bond motifs is 1. The number of nitrogens with one attached hydrogen (secondary N) is 1. The number of thiazole rings is 1. The quantitative estimate of drug-likeness (QED) is 0.486. The van der Waals surface area contributed by atoms with Crippen LogP contribution in [0.1, 0.15) is 21.6 Å². The Labute approximate surface area is 180 Å². The molecule has 0 spiro atoms. The highest BCUT2D eigenvalue weighted by molar-refractivity contribution is 7.20. The standard InChI is InChI=1S/C22H17N3O3S2/c26-20(11-17-13-30-21(24-17)19-2-1-9-29-19)23-16-3-4-18-14(10-16)5-7-25(18)22(27)15-6-8-28-12-15/h1-4,6,8-10,12-13H,5,7,11H2,(H,23,26). The molecule has 4 heterocycles. The fourth-order valence-corrected chi connectivity index (χ4v) is 5.14. The molecule has 0 aliphatic carbocycles. The highest BCUT2D eigenvalue weighted by Crippen LogP contribution is 2.32. The van der Waals surface area contributed by atoms with Crippen LogP contribution in [-0.2, 0) is 17.6 Å². The topological polar surface area (TPSA) is 75.4 Å². The Bertz CT molecular complexity index is 1200. The predicted octanol–water partition coefficient (Wildman–Crippen LogP) is 4.85. The molecule has 0 unspecified atom stereocenters. The highest BCUT2D eigenvalue weighted by atomic mass is 32.1. The second-order valence-electron chi connectivity index (χ2n) is 6.91. The largest absolute Gasteiger partial charge is 0.472 e. The molecule has 1 aromatic carbocycles. The molecule has 3 aromatic heterocycles. The number of carbonyl (C=O) groups is 2. The Morgan fingerprint density at radius 2 is 2.13 bits per heavy atom. The number of carbonyl (C=O) groups excluding carboxylic acids is 2. The van der Waals surface area contributed by atoms with Gasteiger partial charge in [0.25, 0.3) is 5.91 Å². The molecule has 0 radical (unpaired) electrons. The summed E-state index contributed by atoms with van der Waals surface area (Å²) in [6.45, 7) is 0.612. The lowest BCUT2D eigenvalue weighted by Gasteiger charge is -2.16. The maximum Gasteiger partial charge on any atom is 0.261 e. The first-order chi connectivity index (χ1) is 14.7. The second-order valence-corrected chi connectivity index (χ2v) is 8.71. The number of anilines is 2. The van der Waals surface area contributed by atoms with Crippen molar-refractivity contribution in [2.24, 2.45) is 0 Å². The van der Waals surface area contributed by atoms with E-state index in [4.69, 9.17) is 4.42 Å². The van der Waals surface area contributed by atoms with E-state index in [1.54, 1.807) is 33.6 Å². The summed E-state index contributed by atoms with van der Waals surface area (Å²) < 4.78 is 5.02. The summed E-state index contributed by atoms with van der Waals surface area (Å²) >= 11 is 3.19. The summed E-state index contributed by atoms with van der Waals surface area (Å²) in [7, 11) is 0. The molecular weight excluding hydrogens is 418 g/mol. The van der Waals surface area contributed by atoms with Crippen molar-refractivity contribution < 1.29 is 14.0 Å². The van der Waals surface area contributed by atoms with Gasteiger partial charge in [0, 0.05) is 23.3 Å². The zero-order valence-corrected chi connectivity index (χ0v) is 17.5. The normalized spacial score (nSPS) is 12.7. The van der Waals surface area contributed by atoms with Gasteiger partial charge in [-0.25, -0.2) is 4.98 Å². The van der Waals surface area contributed by atoms with Gasteiger partial charge in [-0.05, 0) is 47.7 Å². The predicted molar refractivity (Wildman–Crippen MR) is 118 cm³/mol. The number of hydrogen-bond donors (Lipinski definition) is 1. The monoisotopic (exact) mass is 435 g/mol. The number of hydrogen-bond acceptors (Lipinski definition) is 6. The highest BCUT2D eigenvalue weighted by Gasteiger charge is 2.26. The zero-order chi connectivity index (χ0) is 20.5. The van der Waals surface area contributed by atoms with Crippen LogP contribution in [0.15, 0.2) is 64.1 Å². The van der Waals surface area contributed by atoms with Gasteiger partial charge in [0.15, 0.2) is 0 Å². The van der Waals surface area contributed by atoms with E-state index in [2.05, 4.69) is 10.3 Å². The first-order valence-corrected chi connectivity index (χ1v) is 11.2. The van der Waals surface area contributed by atoms with Gasteiger partial charge in [0.1, 0.15) is 11.3 Å². The van der Waals surface area contributed by atoms with E-state index in [9.17, 15) is 9.59 Å². The first-order valence-electron chi connectivity index (χ1n) is 9.42. The molecule has 2 amide bonds. The molecule has 4 aromatic rings. The molecule has 6 nitrogen and oxygen atoms in total. The van der Waals surface area contributed by atoms with Gasteiger partial charge < -0.3 is 14.6 Å². The molecule has 0 fully saturated rings. The molecular formula is C22H17N3O3S2. The lowest BCUT2D eigenvalue weighted by molar-refractivity contribution is -0.115. The Balaban J connectivity index is 1.25. The van der Waals surface area contributed by atoms with Gasteiger partial charge in [0.2, 0.25) is 5.91 Å². The molecule has 0 atom stereocenters. The molecule has 8 heteroatoms. The lowest BCUT2D eigenvalue weighted by Crippen LogP contribution is -2.28. The van der Waals surface area contributed by atoms with Crippen molar-refractivity contribution in [3.8, 4) is 9.88 Å². The Kier molecular flexibility index (Phi) is 4.94. The molecule has 1 aliphatic rings. The van der Waals surface area contributed by atoms with Crippen molar-refractivity contribution in [1.29, 1.82) is 0 Å². The molecule has 0 saturated heterocycles. The minimum Gasteiger partial charge on any atom is -0.472 e. The number of amides is 2. The Hall–Kier alpha value is -3.23. The number of furan rings is 1. The molecule has 0 bridgehead atoms. The van der Waals surface area contributed by atoms with Crippen LogP contribution < -0.4 is 10.2 Å². The van der Waals surface area contributed by atoms with E-state index in [1.165, 1.54) is 12.5 Å². The van der Waals surface area contributed by atoms with Gasteiger partial charge in [-0.1, -0.05) is 6.07 Å². The maximum absolute atomic E-state index is 12.6. The van der Waals surface area contributed by atoms with Gasteiger partial charge in [-0.2, -0.15) is 0 Å². The minimum absolute atomic E-state index is 0.0793. The Morgan fingerprint density at radius 3 is 2.93 bits per heavy atom. The summed E-state index contributed by atoms with van der Waals surface area (Å²) in [5.41, 5.74) is 3.94. The molecule has 150 valence electrons. The molecule has 1 aliphatic heterocycles. The maximum atomic E-state index is 12.6. The zero-order valence-electron chi connectivity index (χ0n) is 15.8. The van der Waals surface area contributed by atoms with Crippen LogP contribution in [0.5, 0.6) is 0 Å². The van der Waals surface area contributed by atoms with Crippen LogP contribution in [0.3, 0.4) is 0 Å². The second kappa shape index (κ2) is 7.89. The van der Waals surface area contributed by atoms with Crippen LogP contribution in [-0.4, -0.2) is 23.3 Å². The average molecular weight is 436 g/mol. The SMILES string of the molecule is O=C(Cc1csc(-c2cccs2)n1)Nc1ccc2c(c1)CCN2C(=O)c1ccoc1. The molecule has 1 N–H and O–H groups in total. The van der Waals surface area contributed by atoms with Crippen molar-refractivity contribution in [1.82, 2.24) is 4.98 Å². The number of benzene rings is 1. The van der Waals surface area contributed by atoms with Gasteiger partial charge >= 0.3 is 0 Å². The third-order valence-electron chi connectivity index (χ3n) is 4.90. The van der Waals surface area contributed by atoms with Crippen LogP contribution in [0.2, 0.25) is 0 Å². The van der Waals surface area contributed by atoms with E-state index in [1.807, 2.05) is 41.1 Å². The van der Waals surface area contributed by atoms with E-state index in [-0.39, 0.29) is 18.2 Å². The van der Waals surface area contributed by atoms with Crippen molar-refractivity contribution >= 4 is 45.9 Å².